The summed E-state index contributed by atoms with van der Waals surface area (Å²) in [6.45, 7) is 2.89. The fraction of sp³-hybridized carbons (Fsp3) is 0.381. The van der Waals surface area contributed by atoms with E-state index in [1.807, 2.05) is 30.3 Å². The molecule has 1 aliphatic rings. The number of rotatable bonds is 7. The van der Waals surface area contributed by atoms with Gasteiger partial charge in [0.05, 0.1) is 12.2 Å². The number of carbonyl (C=O) groups is 1. The minimum absolute atomic E-state index is 0.243. The van der Waals surface area contributed by atoms with E-state index < -0.39 is 5.60 Å². The first kappa shape index (κ1) is 20.8. The Hall–Kier alpha value is -1.93. The van der Waals surface area contributed by atoms with Gasteiger partial charge in [0.15, 0.2) is 0 Å². The highest BCUT2D eigenvalue weighted by Gasteiger charge is 2.35. The van der Waals surface area contributed by atoms with Gasteiger partial charge in [-0.25, -0.2) is 9.87 Å². The van der Waals surface area contributed by atoms with Crippen molar-refractivity contribution in [2.24, 2.45) is 0 Å². The third-order valence-corrected chi connectivity index (χ3v) is 5.68. The van der Waals surface area contributed by atoms with Crippen LogP contribution in [0.15, 0.2) is 52.3 Å². The predicted molar refractivity (Wildman–Crippen MR) is 104 cm³/mol. The van der Waals surface area contributed by atoms with Gasteiger partial charge in [-0.2, -0.15) is 0 Å². The van der Waals surface area contributed by atoms with Crippen molar-refractivity contribution < 1.29 is 23.5 Å². The third-order valence-electron chi connectivity index (χ3n) is 4.70. The molecule has 0 saturated carbocycles. The lowest BCUT2D eigenvalue weighted by atomic mass is 9.86. The largest absolute Gasteiger partial charge is 0.381 e. The standard InChI is InChI=1S/C21H24FNO4S/c1-15(24)23-27-14-16-3-5-19(6-4-16)28-20-12-17(11-18(22)13-20)21(25-2)7-9-26-10-8-21/h3-6,11-13H,7-10,14H2,1-2H3,(H,23,24). The molecule has 0 aliphatic carbocycles. The molecule has 3 rings (SSSR count). The molecule has 150 valence electrons. The first-order valence-electron chi connectivity index (χ1n) is 9.10. The quantitative estimate of drug-likeness (QED) is 0.700. The van der Waals surface area contributed by atoms with Gasteiger partial charge >= 0.3 is 0 Å². The number of carbonyl (C=O) groups excluding carboxylic acids is 1. The van der Waals surface area contributed by atoms with Crippen LogP contribution in [0.1, 0.15) is 30.9 Å². The molecule has 1 amide bonds. The average molecular weight is 405 g/mol. The minimum Gasteiger partial charge on any atom is -0.381 e. The number of amides is 1. The number of nitrogens with one attached hydrogen (secondary N) is 1. The van der Waals surface area contributed by atoms with Crippen LogP contribution in [0.25, 0.3) is 0 Å². The van der Waals surface area contributed by atoms with E-state index in [2.05, 4.69) is 5.48 Å². The third kappa shape index (κ3) is 5.32. The smallest absolute Gasteiger partial charge is 0.240 e. The van der Waals surface area contributed by atoms with Gasteiger partial charge in [0.1, 0.15) is 5.82 Å². The highest BCUT2D eigenvalue weighted by Crippen LogP contribution is 2.38. The van der Waals surface area contributed by atoms with Gasteiger partial charge in [0, 0.05) is 49.9 Å². The number of hydrogen-bond acceptors (Lipinski definition) is 5. The summed E-state index contributed by atoms with van der Waals surface area (Å²) in [5.41, 5.74) is 3.57. The van der Waals surface area contributed by atoms with Crippen LogP contribution in [-0.2, 0) is 31.3 Å². The van der Waals surface area contributed by atoms with Crippen molar-refractivity contribution in [2.75, 3.05) is 20.3 Å². The van der Waals surface area contributed by atoms with Crippen molar-refractivity contribution in [1.82, 2.24) is 5.48 Å². The summed E-state index contributed by atoms with van der Waals surface area (Å²) in [6.07, 6.45) is 1.42. The molecule has 28 heavy (non-hydrogen) atoms. The van der Waals surface area contributed by atoms with E-state index in [4.69, 9.17) is 14.3 Å². The zero-order chi connectivity index (χ0) is 20.0. The van der Waals surface area contributed by atoms with Crippen LogP contribution >= 0.6 is 11.8 Å². The van der Waals surface area contributed by atoms with Gasteiger partial charge in [-0.05, 0) is 41.5 Å². The number of methoxy groups -OCH3 is 1. The predicted octanol–water partition coefficient (Wildman–Crippen LogP) is 4.20. The van der Waals surface area contributed by atoms with Crippen molar-refractivity contribution in [3.05, 3.63) is 59.4 Å². The Labute approximate surface area is 168 Å². The number of benzene rings is 2. The molecule has 1 saturated heterocycles. The van der Waals surface area contributed by atoms with E-state index in [9.17, 15) is 9.18 Å². The number of ether oxygens (including phenoxy) is 2. The first-order chi connectivity index (χ1) is 13.5. The van der Waals surface area contributed by atoms with E-state index in [1.165, 1.54) is 24.8 Å². The molecule has 2 aromatic carbocycles. The molecule has 7 heteroatoms. The number of hydrogen-bond donors (Lipinski definition) is 1. The van der Waals surface area contributed by atoms with Crippen LogP contribution in [0, 0.1) is 5.82 Å². The summed E-state index contributed by atoms with van der Waals surface area (Å²) < 4.78 is 25.5. The van der Waals surface area contributed by atoms with Crippen LogP contribution in [0.5, 0.6) is 0 Å². The summed E-state index contributed by atoms with van der Waals surface area (Å²) >= 11 is 1.49. The summed E-state index contributed by atoms with van der Waals surface area (Å²) in [4.78, 5) is 17.7. The number of halogens is 1. The van der Waals surface area contributed by atoms with Crippen molar-refractivity contribution in [3.63, 3.8) is 0 Å². The van der Waals surface area contributed by atoms with Crippen LogP contribution in [0.2, 0.25) is 0 Å². The molecular weight excluding hydrogens is 381 g/mol. The molecule has 1 fully saturated rings. The molecular formula is C21H24FNO4S. The molecule has 0 radical (unpaired) electrons. The Balaban J connectivity index is 1.72. The van der Waals surface area contributed by atoms with Crippen molar-refractivity contribution in [3.8, 4) is 0 Å². The maximum atomic E-state index is 14.3. The molecule has 0 aromatic heterocycles. The second-order valence-corrected chi connectivity index (χ2v) is 7.83. The van der Waals surface area contributed by atoms with Gasteiger partial charge in [0.2, 0.25) is 5.91 Å². The van der Waals surface area contributed by atoms with Crippen LogP contribution in [-0.4, -0.2) is 26.2 Å². The van der Waals surface area contributed by atoms with Gasteiger partial charge in [0.25, 0.3) is 0 Å². The first-order valence-corrected chi connectivity index (χ1v) is 9.91. The summed E-state index contributed by atoms with van der Waals surface area (Å²) in [5, 5.41) is 0. The Bertz CT molecular complexity index is 807. The van der Waals surface area contributed by atoms with E-state index >= 15 is 0 Å². The molecule has 0 atom stereocenters. The van der Waals surface area contributed by atoms with E-state index in [0.29, 0.717) is 26.1 Å². The molecule has 0 unspecified atom stereocenters. The van der Waals surface area contributed by atoms with E-state index in [-0.39, 0.29) is 18.3 Å². The summed E-state index contributed by atoms with van der Waals surface area (Å²) in [6, 6.07) is 12.8. The molecule has 1 aliphatic heterocycles. The SMILES string of the molecule is COC1(c2cc(F)cc(Sc3ccc(CONC(C)=O)cc3)c2)CCOCC1. The van der Waals surface area contributed by atoms with Gasteiger partial charge in [-0.15, -0.1) is 0 Å². The average Bonchev–Trinajstić information content (AvgIpc) is 2.69. The summed E-state index contributed by atoms with van der Waals surface area (Å²) in [5.74, 6) is -0.518. The molecule has 0 bridgehead atoms. The fourth-order valence-corrected chi connectivity index (χ4v) is 4.11. The zero-order valence-electron chi connectivity index (χ0n) is 16.0. The topological polar surface area (TPSA) is 56.8 Å². The Morgan fingerprint density at radius 1 is 1.18 bits per heavy atom. The second-order valence-electron chi connectivity index (χ2n) is 6.68. The zero-order valence-corrected chi connectivity index (χ0v) is 16.8. The van der Waals surface area contributed by atoms with Crippen LogP contribution < -0.4 is 5.48 Å². The summed E-state index contributed by atoms with van der Waals surface area (Å²) in [7, 11) is 1.67. The fourth-order valence-electron chi connectivity index (χ4n) is 3.21. The Morgan fingerprint density at radius 2 is 1.89 bits per heavy atom. The van der Waals surface area contributed by atoms with Crippen molar-refractivity contribution in [1.29, 1.82) is 0 Å². The maximum Gasteiger partial charge on any atom is 0.240 e. The molecule has 1 N–H and O–H groups in total. The maximum absolute atomic E-state index is 14.3. The minimum atomic E-state index is -0.499. The van der Waals surface area contributed by atoms with Gasteiger partial charge in [-0.1, -0.05) is 23.9 Å². The van der Waals surface area contributed by atoms with Crippen molar-refractivity contribution in [2.45, 2.75) is 41.8 Å². The normalized spacial score (nSPS) is 16.0. The van der Waals surface area contributed by atoms with E-state index in [0.717, 1.165) is 20.9 Å². The van der Waals surface area contributed by atoms with Crippen molar-refractivity contribution >= 4 is 17.7 Å². The van der Waals surface area contributed by atoms with Crippen LogP contribution in [0.4, 0.5) is 4.39 Å². The van der Waals surface area contributed by atoms with Gasteiger partial charge < -0.3 is 9.47 Å². The second kappa shape index (κ2) is 9.52. The lowest BCUT2D eigenvalue weighted by molar-refractivity contribution is -0.132. The highest BCUT2D eigenvalue weighted by atomic mass is 32.2. The monoisotopic (exact) mass is 405 g/mol. The lowest BCUT2D eigenvalue weighted by Gasteiger charge is -2.36. The van der Waals surface area contributed by atoms with E-state index in [1.54, 1.807) is 13.2 Å². The van der Waals surface area contributed by atoms with Crippen LogP contribution in [0.3, 0.4) is 0 Å². The van der Waals surface area contributed by atoms with Gasteiger partial charge in [-0.3, -0.25) is 9.63 Å². The molecule has 5 nitrogen and oxygen atoms in total. The lowest BCUT2D eigenvalue weighted by Crippen LogP contribution is -2.35. The Kier molecular flexibility index (Phi) is 7.07. The Morgan fingerprint density at radius 3 is 2.54 bits per heavy atom. The molecule has 1 heterocycles. The highest BCUT2D eigenvalue weighted by molar-refractivity contribution is 7.99. The molecule has 2 aromatic rings. The number of hydroxylamine groups is 1. The molecule has 0 spiro atoms.